The van der Waals surface area contributed by atoms with E-state index in [1.807, 2.05) is 0 Å². The van der Waals surface area contributed by atoms with Gasteiger partial charge >= 0.3 is 6.36 Å². The Kier molecular flexibility index (Phi) is 9.67. The lowest BCUT2D eigenvalue weighted by Crippen LogP contribution is -2.30. The van der Waals surface area contributed by atoms with E-state index in [0.29, 0.717) is 37.2 Å². The number of imidazole rings is 1. The van der Waals surface area contributed by atoms with Crippen molar-refractivity contribution in [3.8, 4) is 11.4 Å². The number of hydrogen-bond acceptors (Lipinski definition) is 7. The molecular weight excluding hydrogens is 519 g/mol. The number of nitrogens with one attached hydrogen (secondary N) is 3. The second kappa shape index (κ2) is 13.1. The molecule has 0 radical (unpaired) electrons. The number of aryl methyl sites for hydroxylation is 1. The number of aromatic nitrogens is 5. The molecule has 0 atom stereocenters. The van der Waals surface area contributed by atoms with Crippen LogP contribution in [0.15, 0.2) is 55.1 Å². The molecule has 2 aromatic heterocycles. The smallest absolute Gasteiger partial charge is 0.573 e. The Balaban J connectivity index is 1.39. The van der Waals surface area contributed by atoms with E-state index in [1.165, 1.54) is 65.4 Å². The third-order valence-electron chi connectivity index (χ3n) is 5.11. The number of halogens is 3. The van der Waals surface area contributed by atoms with E-state index < -0.39 is 12.3 Å². The molecule has 12 nitrogen and oxygen atoms in total. The van der Waals surface area contributed by atoms with Gasteiger partial charge in [-0.1, -0.05) is 23.8 Å². The van der Waals surface area contributed by atoms with Gasteiger partial charge in [-0.2, -0.15) is 5.71 Å². The largest absolute Gasteiger partial charge is 0.808 e. The van der Waals surface area contributed by atoms with Crippen LogP contribution in [0.5, 0.6) is 5.75 Å². The average Bonchev–Trinajstić information content (AvgIpc) is 3.54. The molecule has 15 heteroatoms. The van der Waals surface area contributed by atoms with Crippen LogP contribution in [0.3, 0.4) is 0 Å². The first kappa shape index (κ1) is 28.7. The minimum absolute atomic E-state index is 0.0223. The van der Waals surface area contributed by atoms with E-state index in [0.717, 1.165) is 0 Å². The summed E-state index contributed by atoms with van der Waals surface area (Å²) in [5.74, 6) is -1.49. The predicted octanol–water partition coefficient (Wildman–Crippen LogP) is 2.80. The molecule has 1 aromatic carbocycles. The van der Waals surface area contributed by atoms with Gasteiger partial charge in [0.2, 0.25) is 5.91 Å². The van der Waals surface area contributed by atoms with Gasteiger partial charge in [-0.25, -0.2) is 4.98 Å². The van der Waals surface area contributed by atoms with Crippen molar-refractivity contribution in [2.45, 2.75) is 38.6 Å². The van der Waals surface area contributed by atoms with Crippen LogP contribution in [0.1, 0.15) is 35.4 Å². The molecule has 2 amide bonds. The summed E-state index contributed by atoms with van der Waals surface area (Å²) in [6, 6.07) is 5.29. The molecule has 0 aliphatic heterocycles. The van der Waals surface area contributed by atoms with Crippen molar-refractivity contribution < 1.29 is 27.5 Å². The van der Waals surface area contributed by atoms with Gasteiger partial charge < -0.3 is 25.3 Å². The summed E-state index contributed by atoms with van der Waals surface area (Å²) in [6.07, 6.45) is 3.51. The summed E-state index contributed by atoms with van der Waals surface area (Å²) >= 11 is 0. The van der Waals surface area contributed by atoms with Crippen molar-refractivity contribution in [1.82, 2.24) is 35.2 Å². The Morgan fingerprint density at radius 1 is 1.21 bits per heavy atom. The molecule has 0 spiro atoms. The van der Waals surface area contributed by atoms with Crippen molar-refractivity contribution in [3.63, 3.8) is 0 Å². The summed E-state index contributed by atoms with van der Waals surface area (Å²) in [7, 11) is 1.50. The zero-order chi connectivity index (χ0) is 28.4. The molecule has 2 heterocycles. The first-order valence-corrected chi connectivity index (χ1v) is 11.6. The van der Waals surface area contributed by atoms with Gasteiger partial charge in [-0.3, -0.25) is 19.7 Å². The molecule has 0 aliphatic carbocycles. The molecule has 3 N–H and O–H groups in total. The number of amides is 2. The second-order valence-corrected chi connectivity index (χ2v) is 8.18. The lowest BCUT2D eigenvalue weighted by molar-refractivity contribution is -0.274. The molecule has 0 aliphatic rings. The second-order valence-electron chi connectivity index (χ2n) is 8.18. The number of nitrogens with zero attached hydrogens (tertiary/aromatic N) is 6. The van der Waals surface area contributed by atoms with Crippen molar-refractivity contribution in [3.05, 3.63) is 71.9 Å². The van der Waals surface area contributed by atoms with Gasteiger partial charge in [0, 0.05) is 25.9 Å². The maximum Gasteiger partial charge on any atom is 0.573 e. The molecule has 206 valence electrons. The zero-order valence-electron chi connectivity index (χ0n) is 20.8. The van der Waals surface area contributed by atoms with Gasteiger partial charge in [0.05, 0.1) is 30.3 Å². The average molecular weight is 545 g/mol. The first-order valence-electron chi connectivity index (χ1n) is 11.6. The molecule has 3 rings (SSSR count). The van der Waals surface area contributed by atoms with Crippen LogP contribution in [0.25, 0.3) is 11.1 Å². The van der Waals surface area contributed by atoms with Crippen LogP contribution in [-0.2, 0) is 17.8 Å². The molecule has 39 heavy (non-hydrogen) atoms. The van der Waals surface area contributed by atoms with Crippen LogP contribution in [0, 0.1) is 5.41 Å². The molecule has 3 aromatic rings. The van der Waals surface area contributed by atoms with E-state index in [1.54, 1.807) is 6.07 Å². The van der Waals surface area contributed by atoms with Crippen molar-refractivity contribution in [2.75, 3.05) is 7.05 Å². The highest BCUT2D eigenvalue weighted by atomic mass is 19.4. The Hall–Kier alpha value is -4.82. The Morgan fingerprint density at radius 2 is 2.00 bits per heavy atom. The highest BCUT2D eigenvalue weighted by molar-refractivity contribution is 6.07. The third-order valence-corrected chi connectivity index (χ3v) is 5.11. The van der Waals surface area contributed by atoms with Crippen LogP contribution in [-0.4, -0.2) is 61.3 Å². The number of amidine groups is 1. The van der Waals surface area contributed by atoms with Gasteiger partial charge in [0.1, 0.15) is 11.6 Å². The fourth-order valence-corrected chi connectivity index (χ4v) is 3.32. The SMILES string of the molecule is CNC(=O)c1cn(CCCCC(=[N-])/C=C\C(=N)NC(=O)Cc2cn(-c3cccc(OC(F)(F)F)c3)cn2)nn1. The highest BCUT2D eigenvalue weighted by Crippen LogP contribution is 2.24. The fourth-order valence-electron chi connectivity index (χ4n) is 3.32. The lowest BCUT2D eigenvalue weighted by atomic mass is 10.1. The molecule has 0 saturated heterocycles. The molecular formula is C24H25F3N9O3-. The fraction of sp³-hybridized carbons (Fsp3) is 0.292. The quantitative estimate of drug-likeness (QED) is 0.180. The van der Waals surface area contributed by atoms with E-state index >= 15 is 0 Å². The number of rotatable bonds is 12. The molecule has 0 unspecified atom stereocenters. The maximum atomic E-state index is 12.4. The zero-order valence-corrected chi connectivity index (χ0v) is 20.8. The van der Waals surface area contributed by atoms with Crippen molar-refractivity contribution in [1.29, 1.82) is 5.41 Å². The molecule has 0 bridgehead atoms. The Morgan fingerprint density at radius 3 is 2.74 bits per heavy atom. The van der Waals surface area contributed by atoms with E-state index in [9.17, 15) is 28.2 Å². The predicted molar refractivity (Wildman–Crippen MR) is 135 cm³/mol. The lowest BCUT2D eigenvalue weighted by Gasteiger charge is -2.10. The first-order chi connectivity index (χ1) is 18.5. The van der Waals surface area contributed by atoms with Crippen LogP contribution < -0.4 is 15.4 Å². The number of carbonyl (C=O) groups excluding carboxylic acids is 2. The van der Waals surface area contributed by atoms with E-state index in [2.05, 4.69) is 30.7 Å². The number of allylic oxidation sites excluding steroid dienone is 1. The van der Waals surface area contributed by atoms with Crippen molar-refractivity contribution in [2.24, 2.45) is 0 Å². The van der Waals surface area contributed by atoms with Crippen LogP contribution in [0.2, 0.25) is 0 Å². The number of unbranched alkanes of at least 4 members (excludes halogenated alkanes) is 1. The van der Waals surface area contributed by atoms with E-state index in [4.69, 9.17) is 5.41 Å². The van der Waals surface area contributed by atoms with Crippen molar-refractivity contribution >= 4 is 23.4 Å². The summed E-state index contributed by atoms with van der Waals surface area (Å²) < 4.78 is 44.2. The minimum atomic E-state index is -4.82. The highest BCUT2D eigenvalue weighted by Gasteiger charge is 2.31. The molecule has 0 saturated carbocycles. The van der Waals surface area contributed by atoms with Gasteiger partial charge in [-0.05, 0) is 31.1 Å². The Bertz CT molecular complexity index is 1360. The van der Waals surface area contributed by atoms with Crippen LogP contribution in [0.4, 0.5) is 13.2 Å². The number of ether oxygens (including phenoxy) is 1. The number of alkyl halides is 3. The minimum Gasteiger partial charge on any atom is -0.808 e. The summed E-state index contributed by atoms with van der Waals surface area (Å²) in [6.45, 7) is 0.509. The maximum absolute atomic E-state index is 12.4. The topological polar surface area (TPSA) is 162 Å². The Labute approximate surface area is 220 Å². The summed E-state index contributed by atoms with van der Waals surface area (Å²) in [4.78, 5) is 27.8. The van der Waals surface area contributed by atoms with Crippen LogP contribution >= 0.6 is 0 Å². The summed E-state index contributed by atoms with van der Waals surface area (Å²) in [5, 5.41) is 30.3. The van der Waals surface area contributed by atoms with Gasteiger partial charge in [-0.15, -0.1) is 18.3 Å². The van der Waals surface area contributed by atoms with Gasteiger partial charge in [0.15, 0.2) is 5.69 Å². The normalized spacial score (nSPS) is 11.4. The number of benzene rings is 1. The van der Waals surface area contributed by atoms with E-state index in [-0.39, 0.29) is 35.3 Å². The summed E-state index contributed by atoms with van der Waals surface area (Å²) in [5.41, 5.74) is 0.922. The third kappa shape index (κ3) is 9.53. The molecule has 0 fully saturated rings. The standard InChI is InChI=1S/C24H25F3N9O3/c1-30-23(38)20-14-36(34-33-20)10-3-2-5-16(28)8-9-21(29)32-22(37)11-17-13-35(15-31-17)18-6-4-7-19(12-18)39-24(25,26)27/h4,6-9,12-15H,2-3,5,10-11H2,1H3,(H,30,38)(H2,29,32,37)/q-1/b9-8-. The van der Waals surface area contributed by atoms with Gasteiger partial charge in [0.25, 0.3) is 5.91 Å². The number of hydrogen-bond donors (Lipinski definition) is 3. The number of carbonyl (C=O) groups is 2. The monoisotopic (exact) mass is 544 g/mol.